The number of anilines is 1. The molecule has 2 N–H and O–H groups in total. The first-order chi connectivity index (χ1) is 13.8. The second kappa shape index (κ2) is 8.14. The number of likely N-dealkylation sites (tertiary alicyclic amines) is 1. The van der Waals surface area contributed by atoms with Gasteiger partial charge in [0.25, 0.3) is 0 Å². The van der Waals surface area contributed by atoms with Gasteiger partial charge in [-0.2, -0.15) is 5.26 Å². The van der Waals surface area contributed by atoms with E-state index in [4.69, 9.17) is 10.00 Å². The molecule has 1 aliphatic heterocycles. The van der Waals surface area contributed by atoms with Crippen LogP contribution in [0.1, 0.15) is 17.0 Å². The Kier molecular flexibility index (Phi) is 5.64. The predicted molar refractivity (Wildman–Crippen MR) is 100 cm³/mol. The van der Waals surface area contributed by atoms with Crippen LogP contribution in [0, 0.1) is 23.0 Å². The van der Waals surface area contributed by atoms with Gasteiger partial charge in [-0.05, 0) is 24.3 Å². The average Bonchev–Trinajstić information content (AvgIpc) is 2.96. The third kappa shape index (κ3) is 4.11. The van der Waals surface area contributed by atoms with Crippen molar-refractivity contribution in [3.63, 3.8) is 0 Å². The number of rotatable bonds is 4. The van der Waals surface area contributed by atoms with E-state index in [0.29, 0.717) is 11.3 Å². The molecule has 0 spiro atoms. The van der Waals surface area contributed by atoms with Crippen molar-refractivity contribution in [2.24, 2.45) is 0 Å². The SMILES string of the molecule is COc1cc(F)c([C@@H]2CN(C)C(=O)[C@H]2NC(=O)Nc2ccc(C#N)cc2)c(F)c1. The highest BCUT2D eigenvalue weighted by molar-refractivity contribution is 5.95. The Balaban J connectivity index is 1.81. The van der Waals surface area contributed by atoms with Crippen molar-refractivity contribution in [3.05, 3.63) is 59.2 Å². The van der Waals surface area contributed by atoms with Crippen molar-refractivity contribution in [3.8, 4) is 11.8 Å². The first kappa shape index (κ1) is 20.1. The number of amides is 3. The van der Waals surface area contributed by atoms with Crippen molar-refractivity contribution in [2.45, 2.75) is 12.0 Å². The Labute approximate surface area is 165 Å². The summed E-state index contributed by atoms with van der Waals surface area (Å²) in [5.74, 6) is -3.06. The van der Waals surface area contributed by atoms with Gasteiger partial charge in [-0.25, -0.2) is 13.6 Å². The zero-order chi connectivity index (χ0) is 21.1. The number of benzene rings is 2. The molecule has 0 radical (unpaired) electrons. The number of nitriles is 1. The van der Waals surface area contributed by atoms with E-state index in [-0.39, 0.29) is 17.9 Å². The maximum Gasteiger partial charge on any atom is 0.319 e. The maximum absolute atomic E-state index is 14.5. The summed E-state index contributed by atoms with van der Waals surface area (Å²) in [5, 5.41) is 13.8. The Morgan fingerprint density at radius 1 is 1.24 bits per heavy atom. The number of hydrogen-bond acceptors (Lipinski definition) is 4. The zero-order valence-electron chi connectivity index (χ0n) is 15.7. The smallest absolute Gasteiger partial charge is 0.319 e. The molecule has 2 aromatic carbocycles. The van der Waals surface area contributed by atoms with Crippen molar-refractivity contribution in [1.82, 2.24) is 10.2 Å². The molecular formula is C20H18F2N4O3. The molecule has 2 atom stereocenters. The minimum Gasteiger partial charge on any atom is -0.497 e. The van der Waals surface area contributed by atoms with E-state index in [9.17, 15) is 18.4 Å². The lowest BCUT2D eigenvalue weighted by Gasteiger charge is -2.20. The molecule has 29 heavy (non-hydrogen) atoms. The number of urea groups is 1. The van der Waals surface area contributed by atoms with Crippen LogP contribution in [-0.2, 0) is 4.79 Å². The molecule has 1 heterocycles. The highest BCUT2D eigenvalue weighted by Crippen LogP contribution is 2.33. The number of carbonyl (C=O) groups excluding carboxylic acids is 2. The van der Waals surface area contributed by atoms with Crippen LogP contribution in [-0.4, -0.2) is 43.6 Å². The fraction of sp³-hybridized carbons (Fsp3) is 0.250. The number of nitrogens with zero attached hydrogens (tertiary/aromatic N) is 2. The second-order valence-electron chi connectivity index (χ2n) is 6.60. The van der Waals surface area contributed by atoms with Gasteiger partial charge in [-0.15, -0.1) is 0 Å². The molecule has 1 aliphatic rings. The Morgan fingerprint density at radius 2 is 1.86 bits per heavy atom. The van der Waals surface area contributed by atoms with Gasteiger partial charge in [0.1, 0.15) is 23.4 Å². The van der Waals surface area contributed by atoms with E-state index < -0.39 is 35.5 Å². The molecule has 7 nitrogen and oxygen atoms in total. The van der Waals surface area contributed by atoms with Crippen molar-refractivity contribution in [1.29, 1.82) is 5.26 Å². The molecule has 1 saturated heterocycles. The van der Waals surface area contributed by atoms with Crippen molar-refractivity contribution in [2.75, 3.05) is 26.0 Å². The van der Waals surface area contributed by atoms with Gasteiger partial charge in [0.05, 0.1) is 18.7 Å². The fourth-order valence-corrected chi connectivity index (χ4v) is 3.29. The van der Waals surface area contributed by atoms with E-state index in [1.807, 2.05) is 6.07 Å². The van der Waals surface area contributed by atoms with Gasteiger partial charge in [-0.3, -0.25) is 4.79 Å². The molecule has 0 aromatic heterocycles. The monoisotopic (exact) mass is 400 g/mol. The topological polar surface area (TPSA) is 94.5 Å². The van der Waals surface area contributed by atoms with E-state index in [2.05, 4.69) is 10.6 Å². The van der Waals surface area contributed by atoms with Crippen LogP contribution in [0.4, 0.5) is 19.3 Å². The number of carbonyl (C=O) groups is 2. The number of halogens is 2. The molecule has 0 aliphatic carbocycles. The summed E-state index contributed by atoms with van der Waals surface area (Å²) in [4.78, 5) is 26.1. The maximum atomic E-state index is 14.5. The van der Waals surface area contributed by atoms with Crippen LogP contribution >= 0.6 is 0 Å². The molecule has 0 unspecified atom stereocenters. The summed E-state index contributed by atoms with van der Waals surface area (Å²) in [5.41, 5.74) is 0.542. The van der Waals surface area contributed by atoms with Crippen LogP contribution in [0.25, 0.3) is 0 Å². The molecule has 0 saturated carbocycles. The molecule has 2 aromatic rings. The van der Waals surface area contributed by atoms with E-state index in [1.165, 1.54) is 43.3 Å². The highest BCUT2D eigenvalue weighted by Gasteiger charge is 2.43. The molecule has 3 amide bonds. The summed E-state index contributed by atoms with van der Waals surface area (Å²) in [7, 11) is 2.79. The van der Waals surface area contributed by atoms with Gasteiger partial charge in [0.15, 0.2) is 0 Å². The van der Waals surface area contributed by atoms with Crippen molar-refractivity contribution >= 4 is 17.6 Å². The molecule has 9 heteroatoms. The molecule has 0 bridgehead atoms. The van der Waals surface area contributed by atoms with Crippen LogP contribution in [0.15, 0.2) is 36.4 Å². The lowest BCUT2D eigenvalue weighted by Crippen LogP contribution is -2.45. The highest BCUT2D eigenvalue weighted by atomic mass is 19.1. The second-order valence-corrected chi connectivity index (χ2v) is 6.60. The quantitative estimate of drug-likeness (QED) is 0.825. The summed E-state index contributed by atoms with van der Waals surface area (Å²) in [6.45, 7) is 0.0425. The average molecular weight is 400 g/mol. The number of nitrogens with one attached hydrogen (secondary N) is 2. The Morgan fingerprint density at radius 3 is 2.41 bits per heavy atom. The number of ether oxygens (including phenoxy) is 1. The Bertz CT molecular complexity index is 965. The standard InChI is InChI=1S/C20H18F2N4O3/c1-26-10-14(17-15(21)7-13(29-2)8-16(17)22)18(19(26)27)25-20(28)24-12-5-3-11(9-23)4-6-12/h3-8,14,18H,10H2,1-2H3,(H2,24,25,28)/t14-,18-/m0/s1. The lowest BCUT2D eigenvalue weighted by atomic mass is 9.93. The van der Waals surface area contributed by atoms with E-state index >= 15 is 0 Å². The first-order valence-electron chi connectivity index (χ1n) is 8.69. The van der Waals surface area contributed by atoms with Gasteiger partial charge in [-0.1, -0.05) is 0 Å². The summed E-state index contributed by atoms with van der Waals surface area (Å²) in [6.07, 6.45) is 0. The summed E-state index contributed by atoms with van der Waals surface area (Å²) >= 11 is 0. The summed E-state index contributed by atoms with van der Waals surface area (Å²) in [6, 6.07) is 8.29. The fourth-order valence-electron chi connectivity index (χ4n) is 3.29. The predicted octanol–water partition coefficient (Wildman–Crippen LogP) is 2.59. The third-order valence-electron chi connectivity index (χ3n) is 4.73. The number of methoxy groups -OCH3 is 1. The largest absolute Gasteiger partial charge is 0.497 e. The molecule has 3 rings (SSSR count). The van der Waals surface area contributed by atoms with Crippen molar-refractivity contribution < 1.29 is 23.1 Å². The number of likely N-dealkylation sites (N-methyl/N-ethyl adjacent to an activating group) is 1. The van der Waals surface area contributed by atoms with Crippen LogP contribution in [0.3, 0.4) is 0 Å². The zero-order valence-corrected chi connectivity index (χ0v) is 15.7. The van der Waals surface area contributed by atoms with Crippen LogP contribution < -0.4 is 15.4 Å². The van der Waals surface area contributed by atoms with Crippen LogP contribution in [0.2, 0.25) is 0 Å². The minimum atomic E-state index is -1.14. The van der Waals surface area contributed by atoms with Gasteiger partial charge in [0, 0.05) is 42.9 Å². The van der Waals surface area contributed by atoms with E-state index in [0.717, 1.165) is 12.1 Å². The van der Waals surface area contributed by atoms with Gasteiger partial charge >= 0.3 is 6.03 Å². The summed E-state index contributed by atoms with van der Waals surface area (Å²) < 4.78 is 33.9. The molecular weight excluding hydrogens is 382 g/mol. The first-order valence-corrected chi connectivity index (χ1v) is 8.69. The molecule has 1 fully saturated rings. The van der Waals surface area contributed by atoms with Crippen LogP contribution in [0.5, 0.6) is 5.75 Å². The van der Waals surface area contributed by atoms with Gasteiger partial charge < -0.3 is 20.3 Å². The Hall–Kier alpha value is -3.67. The minimum absolute atomic E-state index is 0.0181. The normalized spacial score (nSPS) is 18.3. The lowest BCUT2D eigenvalue weighted by molar-refractivity contribution is -0.128. The number of hydrogen-bond donors (Lipinski definition) is 2. The molecule has 150 valence electrons. The third-order valence-corrected chi connectivity index (χ3v) is 4.73. The van der Waals surface area contributed by atoms with E-state index in [1.54, 1.807) is 0 Å². The van der Waals surface area contributed by atoms with Gasteiger partial charge in [0.2, 0.25) is 5.91 Å².